The van der Waals surface area contributed by atoms with Gasteiger partial charge in [0, 0.05) is 52.8 Å². The largest absolute Gasteiger partial charge is 0.458 e. The van der Waals surface area contributed by atoms with Gasteiger partial charge in [-0.1, -0.05) is 166 Å². The molecule has 12 aromatic carbocycles. The quantitative estimate of drug-likeness (QED) is 0.118. The van der Waals surface area contributed by atoms with E-state index in [2.05, 4.69) is 174 Å². The Labute approximate surface area is 534 Å². The summed E-state index contributed by atoms with van der Waals surface area (Å²) in [5.74, 6) is 2.05. The topological polar surface area (TPSA) is 62.1 Å². The highest BCUT2D eigenvalue weighted by atomic mass is 16.5. The second kappa shape index (κ2) is 20.0. The number of fused-ring (bicyclic) bond motifs is 16. The maximum atomic E-state index is 9.00. The van der Waals surface area contributed by atoms with Gasteiger partial charge in [-0.05, 0) is 206 Å². The van der Waals surface area contributed by atoms with Crippen LogP contribution in [0.3, 0.4) is 0 Å². The van der Waals surface area contributed by atoms with Crippen molar-refractivity contribution >= 4 is 76.7 Å². The van der Waals surface area contributed by atoms with Crippen molar-refractivity contribution in [3.63, 3.8) is 0 Å². The molecule has 0 fully saturated rings. The molecule has 0 spiro atoms. The molecule has 7 nitrogen and oxygen atoms in total. The van der Waals surface area contributed by atoms with Gasteiger partial charge >= 0.3 is 0 Å². The van der Waals surface area contributed by atoms with Crippen molar-refractivity contribution in [2.75, 3.05) is 0 Å². The van der Waals surface area contributed by atoms with E-state index in [1.54, 1.807) is 0 Å². The molecule has 0 bridgehead atoms. The molecule has 18 rings (SSSR count). The third-order valence-electron chi connectivity index (χ3n) is 18.4. The summed E-state index contributed by atoms with van der Waals surface area (Å²) < 4.78 is 80.5. The number of rotatable bonds is 7. The Morgan fingerprint density at radius 2 is 1.01 bits per heavy atom. The van der Waals surface area contributed by atoms with Crippen LogP contribution in [0.15, 0.2) is 270 Å². The maximum Gasteiger partial charge on any atom is 0.269 e. The summed E-state index contributed by atoms with van der Waals surface area (Å²) in [6, 6.07) is 85.5. The predicted octanol–water partition coefficient (Wildman–Crippen LogP) is 22.0. The van der Waals surface area contributed by atoms with E-state index in [-0.39, 0.29) is 22.1 Å². The van der Waals surface area contributed by atoms with E-state index in [4.69, 9.17) is 26.8 Å². The Bertz CT molecular complexity index is 6120. The van der Waals surface area contributed by atoms with Crippen LogP contribution in [0.1, 0.15) is 45.7 Å². The first-order chi connectivity index (χ1) is 47.0. The number of benzene rings is 12. The number of nitrogens with zero attached hydrogens (tertiary/aromatic N) is 4. The highest BCUT2D eigenvalue weighted by Gasteiger charge is 2.30. The zero-order valence-corrected chi connectivity index (χ0v) is 49.8. The van der Waals surface area contributed by atoms with Gasteiger partial charge in [0.25, 0.3) is 6.33 Å². The van der Waals surface area contributed by atoms with Crippen molar-refractivity contribution in [2.24, 2.45) is 0 Å². The van der Waals surface area contributed by atoms with Crippen molar-refractivity contribution in [1.29, 1.82) is 0 Å². The Morgan fingerprint density at radius 3 is 1.73 bits per heavy atom. The summed E-state index contributed by atoms with van der Waals surface area (Å²) in [7, 11) is 0. The molecule has 0 saturated carbocycles. The molecule has 0 amide bonds. The average molecular weight is 1180 g/mol. The van der Waals surface area contributed by atoms with Crippen molar-refractivity contribution in [3.8, 4) is 95.5 Å². The van der Waals surface area contributed by atoms with Crippen LogP contribution in [0.25, 0.3) is 161 Å². The Balaban J connectivity index is 0.931. The molecule has 7 heteroatoms. The molecule has 0 saturated heterocycles. The van der Waals surface area contributed by atoms with E-state index in [9.17, 15) is 0 Å². The lowest BCUT2D eigenvalue weighted by molar-refractivity contribution is -0.570. The van der Waals surface area contributed by atoms with Crippen LogP contribution >= 0.6 is 0 Å². The monoisotopic (exact) mass is 1180 g/mol. The Hall–Kier alpha value is -11.5. The molecular formula is C84H58N4O3. The Morgan fingerprint density at radius 1 is 0.429 bits per heavy atom. The minimum absolute atomic E-state index is 0.0652. The number of furan rings is 2. The first-order valence-electron chi connectivity index (χ1n) is 33.6. The van der Waals surface area contributed by atoms with E-state index in [1.807, 2.05) is 109 Å². The summed E-state index contributed by atoms with van der Waals surface area (Å²) in [5.41, 5.74) is 18.3. The van der Waals surface area contributed by atoms with Crippen LogP contribution in [-0.4, -0.2) is 14.1 Å². The Kier molecular flexibility index (Phi) is 10.2. The highest BCUT2D eigenvalue weighted by Crippen LogP contribution is 2.49. The summed E-state index contributed by atoms with van der Waals surface area (Å²) in [6.45, 7) is 1.26. The standard InChI is InChI=1S/C84H58N4O3/c1-50-18-16-19-51(2)81(50)55-43-68(53-33-37-79-70(41-53)67-28-12-15-31-77(67)91-79)82-71(44-55)62-24-8-6-22-60(62)61-23-7-9-25-63(61)72-42-54(52-32-36-78-69(40-52)66-27-11-14-30-76(66)90-78)45-75-83(72)87(82)49-86(75)57-20-17-21-58(47-57)89-59-34-35-65-64-26-10-13-29-73(64)88(74(65)48-59)80-46-56(38-39-85-80)84(3,4)5/h6-48H,1-5H3/i1D3,2D3. The fraction of sp³-hybridized carbons (Fsp3) is 0.0714. The van der Waals surface area contributed by atoms with Crippen molar-refractivity contribution in [1.82, 2.24) is 14.1 Å². The minimum Gasteiger partial charge on any atom is -0.458 e. The first kappa shape index (κ1) is 46.6. The second-order valence-corrected chi connectivity index (χ2v) is 24.8. The van der Waals surface area contributed by atoms with E-state index < -0.39 is 13.7 Å². The molecule has 0 aliphatic carbocycles. The third kappa shape index (κ3) is 8.34. The molecule has 0 radical (unpaired) electrons. The molecule has 5 aromatic heterocycles. The smallest absolute Gasteiger partial charge is 0.269 e. The molecule has 432 valence electrons. The molecule has 0 atom stereocenters. The van der Waals surface area contributed by atoms with Crippen molar-refractivity contribution in [2.45, 2.75) is 39.9 Å². The van der Waals surface area contributed by atoms with Gasteiger partial charge in [-0.3, -0.25) is 13.7 Å². The van der Waals surface area contributed by atoms with Gasteiger partial charge in [0.15, 0.2) is 0 Å². The molecule has 6 heterocycles. The summed E-state index contributed by atoms with van der Waals surface area (Å²) in [5, 5.41) is 6.00. The van der Waals surface area contributed by atoms with Crippen LogP contribution in [0.2, 0.25) is 0 Å². The molecule has 1 aliphatic rings. The van der Waals surface area contributed by atoms with Crippen LogP contribution < -0.4 is 9.30 Å². The fourth-order valence-corrected chi connectivity index (χ4v) is 14.1. The van der Waals surface area contributed by atoms with Gasteiger partial charge in [-0.15, -0.1) is 0 Å². The highest BCUT2D eigenvalue weighted by molar-refractivity contribution is 6.11. The first-order valence-corrected chi connectivity index (χ1v) is 30.6. The molecule has 0 N–H and O–H groups in total. The number of ether oxygens (including phenoxy) is 1. The molecule has 17 aromatic rings. The second-order valence-electron chi connectivity index (χ2n) is 24.8. The summed E-state index contributed by atoms with van der Waals surface area (Å²) in [6.07, 6.45) is 5.91. The van der Waals surface area contributed by atoms with E-state index in [0.717, 1.165) is 133 Å². The van der Waals surface area contributed by atoms with Gasteiger partial charge in [-0.2, -0.15) is 0 Å². The van der Waals surface area contributed by atoms with Crippen LogP contribution in [0, 0.1) is 20.0 Å². The third-order valence-corrected chi connectivity index (χ3v) is 18.4. The number of para-hydroxylation sites is 3. The van der Waals surface area contributed by atoms with Gasteiger partial charge in [0.1, 0.15) is 39.6 Å². The van der Waals surface area contributed by atoms with Gasteiger partial charge in [-0.25, -0.2) is 4.98 Å². The van der Waals surface area contributed by atoms with Crippen molar-refractivity contribution in [3.05, 3.63) is 284 Å². The maximum absolute atomic E-state index is 9.00. The normalized spacial score (nSPS) is 13.5. The number of aryl methyl sites for hydroxylation is 2. The van der Waals surface area contributed by atoms with Crippen LogP contribution in [0.5, 0.6) is 11.5 Å². The van der Waals surface area contributed by atoms with Crippen molar-refractivity contribution < 1.29 is 26.4 Å². The average Bonchev–Trinajstić information content (AvgIpc) is 1.60. The summed E-state index contributed by atoms with van der Waals surface area (Å²) in [4.78, 5) is 4.95. The lowest BCUT2D eigenvalue weighted by atomic mass is 9.85. The minimum atomic E-state index is -2.69. The molecule has 1 aliphatic heterocycles. The molecular weight excluding hydrogens is 1110 g/mol. The number of pyridine rings is 1. The summed E-state index contributed by atoms with van der Waals surface area (Å²) >= 11 is 0. The number of hydrogen-bond donors (Lipinski definition) is 0. The van der Waals surface area contributed by atoms with Crippen LogP contribution in [-0.2, 0) is 5.41 Å². The lowest BCUT2D eigenvalue weighted by Crippen LogP contribution is -2.32. The van der Waals surface area contributed by atoms with E-state index >= 15 is 0 Å². The van der Waals surface area contributed by atoms with Gasteiger partial charge in [0.2, 0.25) is 0 Å². The fourth-order valence-electron chi connectivity index (χ4n) is 14.1. The number of hydrogen-bond acceptors (Lipinski definition) is 4. The zero-order valence-electron chi connectivity index (χ0n) is 55.8. The lowest BCUT2D eigenvalue weighted by Gasteiger charge is -2.22. The van der Waals surface area contributed by atoms with E-state index in [1.165, 1.54) is 23.8 Å². The SMILES string of the molecule is [2H]C([2H])([2H])c1cccc(C([2H])([2H])[2H])c1-c1cc(-c2ccc3oc4ccccc4c3c2)c2c(c1)-c1ccccc1-c1ccccc1-c1cc(-c3ccc4oc5ccccc5c4c3)cc3c1[n+]-2[c-]n3-c1cccc(Oc2ccc3c4ccccc4n(-c4cc(C(C)(C)C)ccn4)c3c2)c1. The van der Waals surface area contributed by atoms with Gasteiger partial charge in [0.05, 0.1) is 33.4 Å². The van der Waals surface area contributed by atoms with E-state index in [0.29, 0.717) is 33.8 Å². The zero-order chi connectivity index (χ0) is 65.8. The van der Waals surface area contributed by atoms with Crippen LogP contribution in [0.4, 0.5) is 0 Å². The van der Waals surface area contributed by atoms with Gasteiger partial charge < -0.3 is 13.6 Å². The molecule has 91 heavy (non-hydrogen) atoms. The number of imidazole rings is 1. The number of aromatic nitrogens is 4. The molecule has 0 unspecified atom stereocenters. The predicted molar refractivity (Wildman–Crippen MR) is 371 cm³/mol.